The van der Waals surface area contributed by atoms with Crippen molar-refractivity contribution in [2.75, 3.05) is 18.6 Å². The van der Waals surface area contributed by atoms with Crippen molar-refractivity contribution in [3.63, 3.8) is 0 Å². The van der Waals surface area contributed by atoms with Gasteiger partial charge in [-0.05, 0) is 37.1 Å². The van der Waals surface area contributed by atoms with E-state index in [-0.39, 0.29) is 18.0 Å². The molecule has 5 heteroatoms. The second kappa shape index (κ2) is 4.57. The van der Waals surface area contributed by atoms with E-state index in [1.165, 1.54) is 4.90 Å². The van der Waals surface area contributed by atoms with Crippen molar-refractivity contribution >= 4 is 17.6 Å². The summed E-state index contributed by atoms with van der Waals surface area (Å²) in [5, 5.41) is 0. The van der Waals surface area contributed by atoms with Crippen molar-refractivity contribution in [1.29, 1.82) is 0 Å². The number of carbonyl (C=O) groups is 2. The predicted molar refractivity (Wildman–Crippen MR) is 70.2 cm³/mol. The molecule has 1 atom stereocenters. The minimum atomic E-state index is -0.191. The van der Waals surface area contributed by atoms with Gasteiger partial charge in [0.2, 0.25) is 5.91 Å². The molecule has 0 spiro atoms. The van der Waals surface area contributed by atoms with E-state index in [2.05, 4.69) is 0 Å². The highest BCUT2D eigenvalue weighted by atomic mass is 16.5. The Morgan fingerprint density at radius 3 is 2.63 bits per heavy atom. The van der Waals surface area contributed by atoms with E-state index in [0.29, 0.717) is 17.9 Å². The van der Waals surface area contributed by atoms with Gasteiger partial charge in [0.05, 0.1) is 12.8 Å². The van der Waals surface area contributed by atoms with Crippen LogP contribution in [-0.4, -0.2) is 36.5 Å². The Morgan fingerprint density at radius 1 is 1.21 bits per heavy atom. The first-order chi connectivity index (χ1) is 9.20. The fourth-order valence-corrected chi connectivity index (χ4v) is 2.81. The predicted octanol–water partition coefficient (Wildman–Crippen LogP) is 2.02. The molecule has 2 aliphatic heterocycles. The van der Waals surface area contributed by atoms with Crippen molar-refractivity contribution < 1.29 is 14.3 Å². The van der Waals surface area contributed by atoms with Gasteiger partial charge in [-0.3, -0.25) is 4.79 Å². The summed E-state index contributed by atoms with van der Waals surface area (Å²) >= 11 is 0. The summed E-state index contributed by atoms with van der Waals surface area (Å²) in [6.07, 6.45) is 2.35. The van der Waals surface area contributed by atoms with Gasteiger partial charge in [0.1, 0.15) is 5.75 Å². The zero-order chi connectivity index (χ0) is 13.4. The van der Waals surface area contributed by atoms with Crippen molar-refractivity contribution in [1.82, 2.24) is 4.90 Å². The van der Waals surface area contributed by atoms with Crippen molar-refractivity contribution in [3.8, 4) is 5.75 Å². The van der Waals surface area contributed by atoms with Gasteiger partial charge in [-0.25, -0.2) is 9.69 Å². The number of ether oxygens (including phenoxy) is 1. The molecular formula is C14H16N2O3. The molecule has 2 heterocycles. The summed E-state index contributed by atoms with van der Waals surface area (Å²) in [5.74, 6) is 0.595. The van der Waals surface area contributed by atoms with E-state index in [4.69, 9.17) is 4.74 Å². The number of hydrogen-bond donors (Lipinski definition) is 0. The summed E-state index contributed by atoms with van der Waals surface area (Å²) in [6.45, 7) is 0.753. The third-order valence-corrected chi connectivity index (χ3v) is 3.80. The van der Waals surface area contributed by atoms with Gasteiger partial charge in [0, 0.05) is 19.0 Å². The maximum Gasteiger partial charge on any atom is 0.331 e. The maximum atomic E-state index is 12.4. The van der Waals surface area contributed by atoms with Gasteiger partial charge in [0.15, 0.2) is 0 Å². The lowest BCUT2D eigenvalue weighted by Gasteiger charge is -2.36. The molecule has 0 aromatic heterocycles. The second-order valence-electron chi connectivity index (χ2n) is 4.90. The molecule has 0 N–H and O–H groups in total. The first-order valence-electron chi connectivity index (χ1n) is 6.48. The number of imide groups is 1. The molecule has 2 fully saturated rings. The van der Waals surface area contributed by atoms with Crippen LogP contribution in [-0.2, 0) is 4.79 Å². The number of fused-ring (bicyclic) bond motifs is 1. The number of rotatable bonds is 2. The molecular weight excluding hydrogens is 244 g/mol. The van der Waals surface area contributed by atoms with Gasteiger partial charge in [-0.2, -0.15) is 0 Å². The highest BCUT2D eigenvalue weighted by Crippen LogP contribution is 2.30. The molecule has 1 unspecified atom stereocenters. The van der Waals surface area contributed by atoms with Crippen LogP contribution in [0.25, 0.3) is 0 Å². The third-order valence-electron chi connectivity index (χ3n) is 3.80. The van der Waals surface area contributed by atoms with E-state index in [1.54, 1.807) is 31.4 Å². The van der Waals surface area contributed by atoms with E-state index < -0.39 is 0 Å². The standard InChI is InChI=1S/C14H16N2O3/c1-19-12-6-4-10(5-7-12)16-13(17)9-11-3-2-8-15(11)14(16)18/h4-7,11H,2-3,8-9H2,1H3. The summed E-state index contributed by atoms with van der Waals surface area (Å²) < 4.78 is 5.08. The minimum Gasteiger partial charge on any atom is -0.497 e. The number of hydrogen-bond acceptors (Lipinski definition) is 3. The molecule has 1 aromatic carbocycles. The number of anilines is 1. The van der Waals surface area contributed by atoms with Crippen LogP contribution < -0.4 is 9.64 Å². The number of benzene rings is 1. The number of nitrogens with zero attached hydrogens (tertiary/aromatic N) is 2. The minimum absolute atomic E-state index is 0.106. The topological polar surface area (TPSA) is 49.9 Å². The molecule has 0 saturated carbocycles. The monoisotopic (exact) mass is 260 g/mol. The highest BCUT2D eigenvalue weighted by molar-refractivity contribution is 6.16. The number of methoxy groups -OCH3 is 1. The van der Waals surface area contributed by atoms with Gasteiger partial charge in [-0.1, -0.05) is 0 Å². The molecule has 1 aromatic rings. The van der Waals surface area contributed by atoms with Crippen LogP contribution in [0, 0.1) is 0 Å². The summed E-state index contributed by atoms with van der Waals surface area (Å²) in [4.78, 5) is 27.6. The van der Waals surface area contributed by atoms with Gasteiger partial charge < -0.3 is 9.64 Å². The van der Waals surface area contributed by atoms with Crippen LogP contribution in [0.15, 0.2) is 24.3 Å². The zero-order valence-corrected chi connectivity index (χ0v) is 10.8. The van der Waals surface area contributed by atoms with Crippen LogP contribution >= 0.6 is 0 Å². The summed E-state index contributed by atoms with van der Waals surface area (Å²) in [5.41, 5.74) is 0.612. The first-order valence-corrected chi connectivity index (χ1v) is 6.48. The Labute approximate surface area is 111 Å². The van der Waals surface area contributed by atoms with Crippen LogP contribution in [0.1, 0.15) is 19.3 Å². The molecule has 2 aliphatic rings. The lowest BCUT2D eigenvalue weighted by molar-refractivity contribution is -0.119. The fraction of sp³-hybridized carbons (Fsp3) is 0.429. The Balaban J connectivity index is 1.89. The normalized spacial score (nSPS) is 22.7. The van der Waals surface area contributed by atoms with Crippen molar-refractivity contribution in [3.05, 3.63) is 24.3 Å². The summed E-state index contributed by atoms with van der Waals surface area (Å²) in [6, 6.07) is 6.91. The quantitative estimate of drug-likeness (QED) is 0.817. The fourth-order valence-electron chi connectivity index (χ4n) is 2.81. The molecule has 19 heavy (non-hydrogen) atoms. The highest BCUT2D eigenvalue weighted by Gasteiger charge is 2.41. The SMILES string of the molecule is COc1ccc(N2C(=O)CC3CCCN3C2=O)cc1. The smallest absolute Gasteiger partial charge is 0.331 e. The zero-order valence-electron chi connectivity index (χ0n) is 10.8. The molecule has 2 saturated heterocycles. The maximum absolute atomic E-state index is 12.4. The summed E-state index contributed by atoms with van der Waals surface area (Å²) in [7, 11) is 1.58. The van der Waals surface area contributed by atoms with Crippen LogP contribution in [0.4, 0.5) is 10.5 Å². The number of carbonyl (C=O) groups excluding carboxylic acids is 2. The molecule has 3 rings (SSSR count). The molecule has 0 aliphatic carbocycles. The first kappa shape index (κ1) is 12.0. The largest absolute Gasteiger partial charge is 0.497 e. The van der Waals surface area contributed by atoms with E-state index in [9.17, 15) is 9.59 Å². The second-order valence-corrected chi connectivity index (χ2v) is 4.90. The van der Waals surface area contributed by atoms with Crippen molar-refractivity contribution in [2.24, 2.45) is 0 Å². The van der Waals surface area contributed by atoms with Gasteiger partial charge in [-0.15, -0.1) is 0 Å². The van der Waals surface area contributed by atoms with Gasteiger partial charge in [0.25, 0.3) is 0 Å². The Kier molecular flexibility index (Phi) is 2.89. The van der Waals surface area contributed by atoms with E-state index >= 15 is 0 Å². The van der Waals surface area contributed by atoms with Crippen LogP contribution in [0.2, 0.25) is 0 Å². The van der Waals surface area contributed by atoms with E-state index in [0.717, 1.165) is 19.4 Å². The average molecular weight is 260 g/mol. The van der Waals surface area contributed by atoms with Crippen LogP contribution in [0.3, 0.4) is 0 Å². The van der Waals surface area contributed by atoms with Crippen molar-refractivity contribution in [2.45, 2.75) is 25.3 Å². The van der Waals surface area contributed by atoms with Gasteiger partial charge >= 0.3 is 6.03 Å². The third kappa shape index (κ3) is 1.95. The average Bonchev–Trinajstić information content (AvgIpc) is 2.88. The number of amides is 3. The lowest BCUT2D eigenvalue weighted by Crippen LogP contribution is -2.54. The number of urea groups is 1. The van der Waals surface area contributed by atoms with Crippen LogP contribution in [0.5, 0.6) is 5.75 Å². The Bertz CT molecular complexity index is 512. The lowest BCUT2D eigenvalue weighted by atomic mass is 10.1. The molecule has 0 radical (unpaired) electrons. The molecule has 3 amide bonds. The molecule has 100 valence electrons. The molecule has 5 nitrogen and oxygen atoms in total. The Hall–Kier alpha value is -2.04. The van der Waals surface area contributed by atoms with E-state index in [1.807, 2.05) is 4.90 Å². The molecule has 0 bridgehead atoms. The Morgan fingerprint density at radius 2 is 1.95 bits per heavy atom.